The Balaban J connectivity index is 2.57. The van der Waals surface area contributed by atoms with Crippen LogP contribution in [0.15, 0.2) is 42.5 Å². The Labute approximate surface area is 120 Å². The second kappa shape index (κ2) is 5.84. The van der Waals surface area contributed by atoms with Crippen LogP contribution < -0.4 is 5.32 Å². The van der Waals surface area contributed by atoms with Gasteiger partial charge >= 0.3 is 0 Å². The fraction of sp³-hybridized carbons (Fsp3) is 0.0667. The topological polar surface area (TPSA) is 96.0 Å². The Morgan fingerprint density at radius 2 is 2.00 bits per heavy atom. The zero-order valence-electron chi connectivity index (χ0n) is 11.2. The predicted octanol–water partition coefficient (Wildman–Crippen LogP) is 3.09. The van der Waals surface area contributed by atoms with E-state index >= 15 is 0 Å². The zero-order valence-corrected chi connectivity index (χ0v) is 11.2. The molecule has 0 aliphatic rings. The van der Waals surface area contributed by atoms with Crippen LogP contribution in [0.1, 0.15) is 12.5 Å². The van der Waals surface area contributed by atoms with Crippen molar-refractivity contribution in [3.8, 4) is 17.2 Å². The molecule has 0 atom stereocenters. The molecule has 6 nitrogen and oxygen atoms in total. The van der Waals surface area contributed by atoms with Crippen molar-refractivity contribution in [3.63, 3.8) is 0 Å². The fourth-order valence-corrected chi connectivity index (χ4v) is 1.98. The molecule has 0 unspecified atom stereocenters. The number of nitriles is 1. The molecule has 0 aromatic heterocycles. The summed E-state index contributed by atoms with van der Waals surface area (Å²) in [6, 6.07) is 13.3. The van der Waals surface area contributed by atoms with Gasteiger partial charge in [0.25, 0.3) is 5.69 Å². The van der Waals surface area contributed by atoms with Crippen LogP contribution in [-0.4, -0.2) is 10.8 Å². The quantitative estimate of drug-likeness (QED) is 0.690. The van der Waals surface area contributed by atoms with Gasteiger partial charge in [0.05, 0.1) is 16.6 Å². The highest BCUT2D eigenvalue weighted by molar-refractivity contribution is 5.92. The molecule has 0 fully saturated rings. The average molecular weight is 281 g/mol. The van der Waals surface area contributed by atoms with Crippen LogP contribution in [0.4, 0.5) is 11.4 Å². The van der Waals surface area contributed by atoms with Gasteiger partial charge in [-0.2, -0.15) is 5.26 Å². The Morgan fingerprint density at radius 3 is 2.62 bits per heavy atom. The summed E-state index contributed by atoms with van der Waals surface area (Å²) in [5.74, 6) is -0.386. The molecular weight excluding hydrogens is 270 g/mol. The van der Waals surface area contributed by atoms with Crippen molar-refractivity contribution in [1.29, 1.82) is 5.26 Å². The molecule has 6 heteroatoms. The lowest BCUT2D eigenvalue weighted by Crippen LogP contribution is -2.08. The summed E-state index contributed by atoms with van der Waals surface area (Å²) in [5.41, 5.74) is 1.51. The number of hydrogen-bond acceptors (Lipinski definition) is 4. The van der Waals surface area contributed by atoms with Crippen LogP contribution in [0.25, 0.3) is 11.1 Å². The molecule has 2 rings (SSSR count). The van der Waals surface area contributed by atoms with E-state index < -0.39 is 4.92 Å². The monoisotopic (exact) mass is 281 g/mol. The van der Waals surface area contributed by atoms with Crippen molar-refractivity contribution < 1.29 is 9.72 Å². The molecule has 0 bridgehead atoms. The van der Waals surface area contributed by atoms with E-state index in [1.165, 1.54) is 19.1 Å². The van der Waals surface area contributed by atoms with E-state index in [2.05, 4.69) is 5.32 Å². The maximum Gasteiger partial charge on any atom is 0.293 e. The van der Waals surface area contributed by atoms with Gasteiger partial charge in [-0.3, -0.25) is 14.9 Å². The SMILES string of the molecule is CC(=O)Nc1ccc(-c2ccccc2C#N)cc1[N+](=O)[O-]. The van der Waals surface area contributed by atoms with E-state index in [9.17, 15) is 14.9 Å². The highest BCUT2D eigenvalue weighted by atomic mass is 16.6. The fourth-order valence-electron chi connectivity index (χ4n) is 1.98. The minimum atomic E-state index is -0.566. The third-order valence-corrected chi connectivity index (χ3v) is 2.86. The summed E-state index contributed by atoms with van der Waals surface area (Å²) in [7, 11) is 0. The lowest BCUT2D eigenvalue weighted by atomic mass is 9.99. The Morgan fingerprint density at radius 1 is 1.29 bits per heavy atom. The largest absolute Gasteiger partial charge is 0.321 e. The number of hydrogen-bond donors (Lipinski definition) is 1. The number of carbonyl (C=O) groups excluding carboxylic acids is 1. The van der Waals surface area contributed by atoms with Crippen LogP contribution in [-0.2, 0) is 4.79 Å². The molecule has 2 aromatic rings. The van der Waals surface area contributed by atoms with E-state index in [1.54, 1.807) is 30.3 Å². The molecule has 0 aliphatic carbocycles. The van der Waals surface area contributed by atoms with Gasteiger partial charge in [0.2, 0.25) is 5.91 Å². The van der Waals surface area contributed by atoms with Crippen LogP contribution in [0, 0.1) is 21.4 Å². The summed E-state index contributed by atoms with van der Waals surface area (Å²) in [6.07, 6.45) is 0. The number of nitro groups is 1. The molecule has 0 saturated carbocycles. The number of nitrogens with one attached hydrogen (secondary N) is 1. The maximum absolute atomic E-state index is 11.1. The first-order chi connectivity index (χ1) is 10.0. The van der Waals surface area contributed by atoms with Gasteiger partial charge < -0.3 is 5.32 Å². The molecule has 1 amide bonds. The third kappa shape index (κ3) is 3.04. The Kier molecular flexibility index (Phi) is 3.95. The van der Waals surface area contributed by atoms with Gasteiger partial charge in [-0.25, -0.2) is 0 Å². The lowest BCUT2D eigenvalue weighted by molar-refractivity contribution is -0.383. The number of nitro benzene ring substituents is 1. The van der Waals surface area contributed by atoms with Crippen molar-refractivity contribution in [2.24, 2.45) is 0 Å². The van der Waals surface area contributed by atoms with E-state index in [-0.39, 0.29) is 17.3 Å². The van der Waals surface area contributed by atoms with Gasteiger partial charge in [0.1, 0.15) is 5.69 Å². The number of anilines is 1. The average Bonchev–Trinajstić information content (AvgIpc) is 2.46. The normalized spacial score (nSPS) is 9.71. The van der Waals surface area contributed by atoms with Crippen molar-refractivity contribution in [3.05, 3.63) is 58.1 Å². The number of nitrogens with zero attached hydrogens (tertiary/aromatic N) is 2. The lowest BCUT2D eigenvalue weighted by Gasteiger charge is -2.07. The smallest absolute Gasteiger partial charge is 0.293 e. The van der Waals surface area contributed by atoms with E-state index in [0.29, 0.717) is 16.7 Å². The highest BCUT2D eigenvalue weighted by Gasteiger charge is 2.17. The van der Waals surface area contributed by atoms with Gasteiger partial charge in [-0.05, 0) is 23.3 Å². The van der Waals surface area contributed by atoms with Gasteiger partial charge in [0.15, 0.2) is 0 Å². The minimum Gasteiger partial charge on any atom is -0.321 e. The number of rotatable bonds is 3. The molecule has 0 heterocycles. The van der Waals surface area contributed by atoms with Gasteiger partial charge in [-0.15, -0.1) is 0 Å². The van der Waals surface area contributed by atoms with Crippen molar-refractivity contribution in [1.82, 2.24) is 0 Å². The van der Waals surface area contributed by atoms with E-state index in [0.717, 1.165) is 0 Å². The van der Waals surface area contributed by atoms with Crippen molar-refractivity contribution >= 4 is 17.3 Å². The second-order valence-corrected chi connectivity index (χ2v) is 4.33. The predicted molar refractivity (Wildman–Crippen MR) is 77.6 cm³/mol. The van der Waals surface area contributed by atoms with Crippen LogP contribution >= 0.6 is 0 Å². The highest BCUT2D eigenvalue weighted by Crippen LogP contribution is 2.32. The summed E-state index contributed by atoms with van der Waals surface area (Å²) in [5, 5.41) is 22.6. The third-order valence-electron chi connectivity index (χ3n) is 2.86. The molecule has 104 valence electrons. The first kappa shape index (κ1) is 14.2. The molecule has 2 aromatic carbocycles. The summed E-state index contributed by atoms with van der Waals surface area (Å²) < 4.78 is 0. The Bertz CT molecular complexity index is 763. The van der Waals surface area contributed by atoms with Gasteiger partial charge in [0, 0.05) is 13.0 Å². The van der Waals surface area contributed by atoms with Crippen molar-refractivity contribution in [2.45, 2.75) is 6.92 Å². The molecule has 0 radical (unpaired) electrons. The van der Waals surface area contributed by atoms with Crippen LogP contribution in [0.3, 0.4) is 0 Å². The molecule has 0 aliphatic heterocycles. The Hall–Kier alpha value is -3.20. The van der Waals surface area contributed by atoms with Crippen LogP contribution in [0.5, 0.6) is 0 Å². The van der Waals surface area contributed by atoms with Crippen LogP contribution in [0.2, 0.25) is 0 Å². The summed E-state index contributed by atoms with van der Waals surface area (Å²) in [6.45, 7) is 1.28. The number of carbonyl (C=O) groups is 1. The van der Waals surface area contributed by atoms with E-state index in [1.807, 2.05) is 6.07 Å². The molecule has 1 N–H and O–H groups in total. The minimum absolute atomic E-state index is 0.130. The maximum atomic E-state index is 11.1. The first-order valence-electron chi connectivity index (χ1n) is 6.08. The van der Waals surface area contributed by atoms with Gasteiger partial charge in [-0.1, -0.05) is 24.3 Å². The summed E-state index contributed by atoms with van der Waals surface area (Å²) in [4.78, 5) is 21.6. The molecule has 0 saturated heterocycles. The second-order valence-electron chi connectivity index (χ2n) is 4.33. The number of amides is 1. The van der Waals surface area contributed by atoms with E-state index in [4.69, 9.17) is 5.26 Å². The first-order valence-corrected chi connectivity index (χ1v) is 6.08. The zero-order chi connectivity index (χ0) is 15.4. The summed E-state index contributed by atoms with van der Waals surface area (Å²) >= 11 is 0. The molecule has 0 spiro atoms. The molecular formula is C15H11N3O3. The van der Waals surface area contributed by atoms with Crippen molar-refractivity contribution in [2.75, 3.05) is 5.32 Å². The standard InChI is InChI=1S/C15H11N3O3/c1-10(19)17-14-7-6-11(8-15(14)18(20)21)13-5-3-2-4-12(13)9-16/h2-8H,1H3,(H,17,19). The number of benzene rings is 2. The molecule has 21 heavy (non-hydrogen) atoms.